The smallest absolute Gasteiger partial charge is 0.228 e. The number of fused-ring (bicyclic) bond motifs is 1. The van der Waals surface area contributed by atoms with Crippen molar-refractivity contribution in [3.8, 4) is 0 Å². The van der Waals surface area contributed by atoms with Crippen LogP contribution in [0.1, 0.15) is 6.42 Å². The summed E-state index contributed by atoms with van der Waals surface area (Å²) in [4.78, 5) is 14.7. The largest absolute Gasteiger partial charge is 0.317 e. The summed E-state index contributed by atoms with van der Waals surface area (Å²) in [5.74, 6) is 0.718. The zero-order valence-corrected chi connectivity index (χ0v) is 5.37. The lowest BCUT2D eigenvalue weighted by molar-refractivity contribution is -0.116. The van der Waals surface area contributed by atoms with Crippen molar-refractivity contribution < 1.29 is 4.79 Å². The van der Waals surface area contributed by atoms with Crippen LogP contribution in [0.4, 0.5) is 5.95 Å². The highest BCUT2D eigenvalue weighted by molar-refractivity contribution is 5.90. The maximum absolute atomic E-state index is 10.8. The van der Waals surface area contributed by atoms with Crippen LogP contribution in [0.3, 0.4) is 0 Å². The standard InChI is InChI=1S/C6H7N3O/c10-5-1-3-9-4-2-7-6(9)8-5/h2,4H,1,3H2,(H,7,8,10). The van der Waals surface area contributed by atoms with Crippen LogP contribution in [0.5, 0.6) is 0 Å². The van der Waals surface area contributed by atoms with E-state index in [-0.39, 0.29) is 5.91 Å². The van der Waals surface area contributed by atoms with E-state index in [1.165, 1.54) is 0 Å². The van der Waals surface area contributed by atoms with E-state index in [1.54, 1.807) is 6.20 Å². The van der Waals surface area contributed by atoms with Gasteiger partial charge in [-0.2, -0.15) is 0 Å². The zero-order chi connectivity index (χ0) is 6.97. The molecule has 0 bridgehead atoms. The van der Waals surface area contributed by atoms with Gasteiger partial charge in [-0.05, 0) is 0 Å². The van der Waals surface area contributed by atoms with Crippen molar-refractivity contribution in [2.45, 2.75) is 13.0 Å². The summed E-state index contributed by atoms with van der Waals surface area (Å²) in [5, 5.41) is 2.65. The van der Waals surface area contributed by atoms with Crippen LogP contribution in [0.15, 0.2) is 12.4 Å². The first-order valence-electron chi connectivity index (χ1n) is 3.17. The maximum Gasteiger partial charge on any atom is 0.228 e. The lowest BCUT2D eigenvalue weighted by Crippen LogP contribution is -2.22. The Morgan fingerprint density at radius 1 is 1.70 bits per heavy atom. The van der Waals surface area contributed by atoms with Gasteiger partial charge in [0.05, 0.1) is 0 Å². The van der Waals surface area contributed by atoms with Gasteiger partial charge in [-0.1, -0.05) is 0 Å². The molecule has 0 spiro atoms. The van der Waals surface area contributed by atoms with Crippen LogP contribution < -0.4 is 5.32 Å². The SMILES string of the molecule is O=C1CCn2ccnc2N1. The second-order valence-corrected chi connectivity index (χ2v) is 2.24. The molecule has 0 radical (unpaired) electrons. The number of hydrogen-bond donors (Lipinski definition) is 1. The molecule has 1 N–H and O–H groups in total. The van der Waals surface area contributed by atoms with Crippen LogP contribution in [-0.2, 0) is 11.3 Å². The number of imidazole rings is 1. The molecule has 0 aromatic carbocycles. The fourth-order valence-corrected chi connectivity index (χ4v) is 1.02. The molecule has 2 rings (SSSR count). The summed E-state index contributed by atoms with van der Waals surface area (Å²) in [7, 11) is 0. The molecule has 1 aliphatic heterocycles. The second-order valence-electron chi connectivity index (χ2n) is 2.24. The molecule has 0 saturated carbocycles. The van der Waals surface area contributed by atoms with Crippen LogP contribution in [0.25, 0.3) is 0 Å². The number of nitrogens with zero attached hydrogens (tertiary/aromatic N) is 2. The summed E-state index contributed by atoms with van der Waals surface area (Å²) in [6.45, 7) is 0.751. The quantitative estimate of drug-likeness (QED) is 0.556. The first kappa shape index (κ1) is 5.46. The Kier molecular flexibility index (Phi) is 1.00. The minimum absolute atomic E-state index is 0.0544. The average Bonchev–Trinajstić information content (AvgIpc) is 2.33. The highest BCUT2D eigenvalue weighted by atomic mass is 16.1. The zero-order valence-electron chi connectivity index (χ0n) is 5.37. The van der Waals surface area contributed by atoms with Crippen molar-refractivity contribution >= 4 is 11.9 Å². The molecule has 0 saturated heterocycles. The molecule has 0 atom stereocenters. The number of carbonyl (C=O) groups excluding carboxylic acids is 1. The van der Waals surface area contributed by atoms with E-state index in [0.717, 1.165) is 6.54 Å². The monoisotopic (exact) mass is 137 g/mol. The van der Waals surface area contributed by atoms with Gasteiger partial charge in [-0.15, -0.1) is 0 Å². The van der Waals surface area contributed by atoms with E-state index >= 15 is 0 Å². The number of carbonyl (C=O) groups is 1. The molecule has 0 unspecified atom stereocenters. The first-order chi connectivity index (χ1) is 4.86. The molecule has 1 aliphatic rings. The minimum Gasteiger partial charge on any atom is -0.317 e. The van der Waals surface area contributed by atoms with Gasteiger partial charge in [-0.25, -0.2) is 4.98 Å². The van der Waals surface area contributed by atoms with E-state index in [9.17, 15) is 4.79 Å². The predicted molar refractivity (Wildman–Crippen MR) is 35.5 cm³/mol. The van der Waals surface area contributed by atoms with Gasteiger partial charge in [0, 0.05) is 25.4 Å². The number of anilines is 1. The molecule has 4 heteroatoms. The molecule has 1 aromatic rings. The number of aromatic nitrogens is 2. The van der Waals surface area contributed by atoms with Crippen LogP contribution in [-0.4, -0.2) is 15.5 Å². The van der Waals surface area contributed by atoms with E-state index in [0.29, 0.717) is 12.4 Å². The molecular weight excluding hydrogens is 130 g/mol. The summed E-state index contributed by atoms with van der Waals surface area (Å²) < 4.78 is 1.92. The average molecular weight is 137 g/mol. The van der Waals surface area contributed by atoms with E-state index in [1.807, 2.05) is 10.8 Å². The Bertz CT molecular complexity index is 266. The molecule has 0 aliphatic carbocycles. The fourth-order valence-electron chi connectivity index (χ4n) is 1.02. The summed E-state index contributed by atoms with van der Waals surface area (Å²) in [6.07, 6.45) is 4.10. The van der Waals surface area contributed by atoms with Crippen molar-refractivity contribution in [2.75, 3.05) is 5.32 Å². The van der Waals surface area contributed by atoms with Crippen LogP contribution in [0, 0.1) is 0 Å². The molecule has 2 heterocycles. The minimum atomic E-state index is 0.0544. The van der Waals surface area contributed by atoms with E-state index in [2.05, 4.69) is 10.3 Å². The lowest BCUT2D eigenvalue weighted by atomic mass is 10.3. The molecular formula is C6H7N3O. The summed E-state index contributed by atoms with van der Waals surface area (Å²) >= 11 is 0. The third-order valence-corrected chi connectivity index (χ3v) is 1.55. The van der Waals surface area contributed by atoms with Gasteiger partial charge in [-0.3, -0.25) is 10.1 Å². The number of amides is 1. The topological polar surface area (TPSA) is 46.9 Å². The van der Waals surface area contributed by atoms with Crippen molar-refractivity contribution in [1.29, 1.82) is 0 Å². The molecule has 4 nitrogen and oxygen atoms in total. The van der Waals surface area contributed by atoms with Gasteiger partial charge in [0.25, 0.3) is 0 Å². The third kappa shape index (κ3) is 0.689. The number of aryl methyl sites for hydroxylation is 1. The highest BCUT2D eigenvalue weighted by Crippen LogP contribution is 2.10. The Balaban J connectivity index is 2.39. The molecule has 10 heavy (non-hydrogen) atoms. The van der Waals surface area contributed by atoms with Gasteiger partial charge < -0.3 is 4.57 Å². The van der Waals surface area contributed by atoms with E-state index < -0.39 is 0 Å². The molecule has 0 fully saturated rings. The van der Waals surface area contributed by atoms with Gasteiger partial charge >= 0.3 is 0 Å². The highest BCUT2D eigenvalue weighted by Gasteiger charge is 2.13. The number of hydrogen-bond acceptors (Lipinski definition) is 2. The predicted octanol–water partition coefficient (Wildman–Crippen LogP) is 0.225. The fraction of sp³-hybridized carbons (Fsp3) is 0.333. The van der Waals surface area contributed by atoms with Crippen molar-refractivity contribution in [3.05, 3.63) is 12.4 Å². The van der Waals surface area contributed by atoms with Gasteiger partial charge in [0.1, 0.15) is 0 Å². The van der Waals surface area contributed by atoms with Crippen molar-refractivity contribution in [1.82, 2.24) is 9.55 Å². The summed E-state index contributed by atoms with van der Waals surface area (Å²) in [6, 6.07) is 0. The molecule has 52 valence electrons. The first-order valence-corrected chi connectivity index (χ1v) is 3.17. The summed E-state index contributed by atoms with van der Waals surface area (Å²) in [5.41, 5.74) is 0. The van der Waals surface area contributed by atoms with Crippen LogP contribution in [0.2, 0.25) is 0 Å². The molecule has 1 aromatic heterocycles. The number of nitrogens with one attached hydrogen (secondary N) is 1. The number of rotatable bonds is 0. The van der Waals surface area contributed by atoms with Gasteiger partial charge in [0.15, 0.2) is 0 Å². The van der Waals surface area contributed by atoms with Crippen molar-refractivity contribution in [2.24, 2.45) is 0 Å². The van der Waals surface area contributed by atoms with E-state index in [4.69, 9.17) is 0 Å². The third-order valence-electron chi connectivity index (χ3n) is 1.55. The Morgan fingerprint density at radius 3 is 3.50 bits per heavy atom. The normalized spacial score (nSPS) is 16.2. The Morgan fingerprint density at radius 2 is 2.60 bits per heavy atom. The van der Waals surface area contributed by atoms with Crippen LogP contribution >= 0.6 is 0 Å². The lowest BCUT2D eigenvalue weighted by Gasteiger charge is -2.13. The van der Waals surface area contributed by atoms with Gasteiger partial charge in [0.2, 0.25) is 11.9 Å². The Labute approximate surface area is 57.9 Å². The maximum atomic E-state index is 10.8. The Hall–Kier alpha value is -1.32. The second kappa shape index (κ2) is 1.83. The molecule has 1 amide bonds. The van der Waals surface area contributed by atoms with Crippen molar-refractivity contribution in [3.63, 3.8) is 0 Å².